The number of nitrogens with zero attached hydrogens (tertiary/aromatic N) is 1. The second kappa shape index (κ2) is 9.23. The van der Waals surface area contributed by atoms with Crippen LogP contribution >= 0.6 is 0 Å². The molecule has 3 aliphatic heterocycles. The molecule has 4 aliphatic rings. The van der Waals surface area contributed by atoms with Gasteiger partial charge in [0.2, 0.25) is 6.79 Å². The maximum absolute atomic E-state index is 13.5. The summed E-state index contributed by atoms with van der Waals surface area (Å²) in [6, 6.07) is 4.12. The summed E-state index contributed by atoms with van der Waals surface area (Å²) in [6.07, 6.45) is 5.81. The van der Waals surface area contributed by atoms with Gasteiger partial charge in [-0.1, -0.05) is 6.92 Å². The molecule has 1 aliphatic carbocycles. The first-order valence-corrected chi connectivity index (χ1v) is 13.2. The van der Waals surface area contributed by atoms with Gasteiger partial charge in [-0.25, -0.2) is 4.79 Å². The van der Waals surface area contributed by atoms with Crippen molar-refractivity contribution in [3.8, 4) is 11.5 Å². The molecular formula is C28H39NO7. The molecule has 5 rings (SSSR count). The Morgan fingerprint density at radius 3 is 2.64 bits per heavy atom. The van der Waals surface area contributed by atoms with Gasteiger partial charge in [-0.2, -0.15) is 0 Å². The summed E-state index contributed by atoms with van der Waals surface area (Å²) in [5, 5.41) is 21.4. The SMILES string of the molecule is CC[C@](O)(CCCC(C)(C)O)C(=O)O[C@@H]1C(OC)=C[C@]23CCCN2CCc2cc4c(cc2C13)OCO4. The van der Waals surface area contributed by atoms with Crippen LogP contribution < -0.4 is 9.47 Å². The molecule has 0 amide bonds. The van der Waals surface area contributed by atoms with Crippen molar-refractivity contribution in [3.63, 3.8) is 0 Å². The lowest BCUT2D eigenvalue weighted by Gasteiger charge is -2.39. The van der Waals surface area contributed by atoms with Crippen molar-refractivity contribution in [2.24, 2.45) is 0 Å². The van der Waals surface area contributed by atoms with Crippen LogP contribution in [0.25, 0.3) is 0 Å². The Morgan fingerprint density at radius 2 is 1.94 bits per heavy atom. The number of hydrogen-bond acceptors (Lipinski definition) is 8. The highest BCUT2D eigenvalue weighted by atomic mass is 16.7. The maximum atomic E-state index is 13.5. The lowest BCUT2D eigenvalue weighted by Crippen LogP contribution is -2.49. The van der Waals surface area contributed by atoms with E-state index < -0.39 is 23.3 Å². The lowest BCUT2D eigenvalue weighted by molar-refractivity contribution is -0.174. The summed E-state index contributed by atoms with van der Waals surface area (Å²) in [5.41, 5.74) is -0.546. The first kappa shape index (κ1) is 25.4. The van der Waals surface area contributed by atoms with Crippen molar-refractivity contribution >= 4 is 5.97 Å². The monoisotopic (exact) mass is 501 g/mol. The molecule has 3 heterocycles. The lowest BCUT2D eigenvalue weighted by atomic mass is 9.77. The predicted octanol–water partition coefficient (Wildman–Crippen LogP) is 3.43. The highest BCUT2D eigenvalue weighted by molar-refractivity contribution is 5.79. The van der Waals surface area contributed by atoms with Gasteiger partial charge in [0, 0.05) is 6.54 Å². The van der Waals surface area contributed by atoms with Gasteiger partial charge in [-0.3, -0.25) is 4.90 Å². The fraction of sp³-hybridized carbons (Fsp3) is 0.679. The van der Waals surface area contributed by atoms with Gasteiger partial charge in [0.15, 0.2) is 23.2 Å². The number of esters is 1. The third-order valence-electron chi connectivity index (χ3n) is 8.54. The summed E-state index contributed by atoms with van der Waals surface area (Å²) < 4.78 is 23.4. The normalized spacial score (nSPS) is 28.4. The van der Waals surface area contributed by atoms with Crippen molar-refractivity contribution < 1.29 is 34.0 Å². The summed E-state index contributed by atoms with van der Waals surface area (Å²) in [6.45, 7) is 7.32. The molecule has 1 aromatic carbocycles. The molecule has 36 heavy (non-hydrogen) atoms. The van der Waals surface area contributed by atoms with Crippen molar-refractivity contribution in [1.29, 1.82) is 0 Å². The average molecular weight is 502 g/mol. The van der Waals surface area contributed by atoms with Gasteiger partial charge in [-0.15, -0.1) is 0 Å². The van der Waals surface area contributed by atoms with Crippen LogP contribution in [0.3, 0.4) is 0 Å². The second-order valence-electron chi connectivity index (χ2n) is 11.3. The molecule has 198 valence electrons. The minimum atomic E-state index is -1.63. The van der Waals surface area contributed by atoms with E-state index in [0.717, 1.165) is 43.7 Å². The van der Waals surface area contributed by atoms with Crippen molar-refractivity contribution in [2.75, 3.05) is 27.0 Å². The summed E-state index contributed by atoms with van der Waals surface area (Å²) in [5.74, 6) is 1.28. The van der Waals surface area contributed by atoms with Crippen LogP contribution in [-0.2, 0) is 20.7 Å². The zero-order valence-electron chi connectivity index (χ0n) is 21.8. The summed E-state index contributed by atoms with van der Waals surface area (Å²) in [4.78, 5) is 16.0. The van der Waals surface area contributed by atoms with Crippen LogP contribution in [0.2, 0.25) is 0 Å². The third-order valence-corrected chi connectivity index (χ3v) is 8.54. The van der Waals surface area contributed by atoms with Gasteiger partial charge in [0.25, 0.3) is 0 Å². The van der Waals surface area contributed by atoms with E-state index in [-0.39, 0.29) is 31.1 Å². The van der Waals surface area contributed by atoms with E-state index in [1.165, 1.54) is 5.56 Å². The Hall–Kier alpha value is -2.29. The molecule has 0 aromatic heterocycles. The molecule has 1 aromatic rings. The van der Waals surface area contributed by atoms with Gasteiger partial charge in [-0.05, 0) is 94.7 Å². The molecule has 0 bridgehead atoms. The Morgan fingerprint density at radius 1 is 1.19 bits per heavy atom. The van der Waals surface area contributed by atoms with Gasteiger partial charge in [0.1, 0.15) is 5.76 Å². The number of carbonyl (C=O) groups is 1. The summed E-state index contributed by atoms with van der Waals surface area (Å²) >= 11 is 0. The number of hydrogen-bond donors (Lipinski definition) is 2. The third kappa shape index (κ3) is 4.27. The predicted molar refractivity (Wildman–Crippen MR) is 133 cm³/mol. The Bertz CT molecular complexity index is 1050. The fourth-order valence-electron chi connectivity index (χ4n) is 6.56. The molecule has 4 atom stereocenters. The number of ether oxygens (including phenoxy) is 4. The van der Waals surface area contributed by atoms with Crippen molar-refractivity contribution in [2.45, 2.75) is 94.5 Å². The van der Waals surface area contributed by atoms with E-state index >= 15 is 0 Å². The van der Waals surface area contributed by atoms with Crippen LogP contribution in [0, 0.1) is 0 Å². The Kier molecular flexibility index (Phi) is 6.50. The maximum Gasteiger partial charge on any atom is 0.338 e. The summed E-state index contributed by atoms with van der Waals surface area (Å²) in [7, 11) is 1.61. The topological polar surface area (TPSA) is 97.7 Å². The number of rotatable bonds is 8. The zero-order chi connectivity index (χ0) is 25.7. The minimum absolute atomic E-state index is 0.177. The molecule has 0 saturated carbocycles. The van der Waals surface area contributed by atoms with Gasteiger partial charge in [0.05, 0.1) is 24.2 Å². The molecule has 1 spiro atoms. The smallest absolute Gasteiger partial charge is 0.338 e. The van der Waals surface area contributed by atoms with Gasteiger partial charge >= 0.3 is 5.97 Å². The highest BCUT2D eigenvalue weighted by Gasteiger charge is 2.58. The number of carbonyl (C=O) groups excluding carboxylic acids is 1. The van der Waals surface area contributed by atoms with Crippen molar-refractivity contribution in [1.82, 2.24) is 4.90 Å². The first-order chi connectivity index (χ1) is 17.1. The fourth-order valence-corrected chi connectivity index (χ4v) is 6.56. The molecule has 1 saturated heterocycles. The van der Waals surface area contributed by atoms with E-state index in [1.54, 1.807) is 27.9 Å². The van der Waals surface area contributed by atoms with E-state index in [9.17, 15) is 15.0 Å². The van der Waals surface area contributed by atoms with Crippen LogP contribution in [-0.4, -0.2) is 70.9 Å². The number of aliphatic hydroxyl groups is 2. The standard InChI is InChI=1S/C28H39NO7/c1-5-28(32,11-6-9-26(2,3)31)25(30)36-24-22(33-4)16-27-10-7-12-29(27)13-8-18-14-20-21(35-17-34-20)15-19(18)23(24)27/h14-16,23-24,31-32H,5-13,17H2,1-4H3/t23?,24-,27+,28+/m1/s1. The highest BCUT2D eigenvalue weighted by Crippen LogP contribution is 2.55. The van der Waals surface area contributed by atoms with E-state index in [0.29, 0.717) is 24.4 Å². The van der Waals surface area contributed by atoms with Crippen LogP contribution in [0.15, 0.2) is 24.0 Å². The largest absolute Gasteiger partial charge is 0.497 e. The van der Waals surface area contributed by atoms with E-state index in [1.807, 2.05) is 0 Å². The second-order valence-corrected chi connectivity index (χ2v) is 11.3. The molecule has 2 N–H and O–H groups in total. The van der Waals surface area contributed by atoms with Gasteiger partial charge < -0.3 is 29.2 Å². The van der Waals surface area contributed by atoms with Crippen LogP contribution in [0.1, 0.15) is 76.3 Å². The average Bonchev–Trinajstić information content (AvgIpc) is 3.51. The molecular weight excluding hydrogens is 462 g/mol. The van der Waals surface area contributed by atoms with Crippen molar-refractivity contribution in [3.05, 3.63) is 35.1 Å². The Balaban J connectivity index is 1.49. The molecule has 0 radical (unpaired) electrons. The first-order valence-electron chi connectivity index (χ1n) is 13.2. The van der Waals surface area contributed by atoms with Crippen LogP contribution in [0.4, 0.5) is 0 Å². The molecule has 8 heteroatoms. The molecule has 8 nitrogen and oxygen atoms in total. The zero-order valence-corrected chi connectivity index (χ0v) is 21.8. The minimum Gasteiger partial charge on any atom is -0.497 e. The van der Waals surface area contributed by atoms with Crippen LogP contribution in [0.5, 0.6) is 11.5 Å². The van der Waals surface area contributed by atoms with E-state index in [2.05, 4.69) is 23.1 Å². The molecule has 1 fully saturated rings. The number of fused-ring (bicyclic) bond motifs is 3. The number of benzene rings is 1. The number of methoxy groups -OCH3 is 1. The quantitative estimate of drug-likeness (QED) is 0.523. The molecule has 1 unspecified atom stereocenters. The van der Waals surface area contributed by atoms with E-state index in [4.69, 9.17) is 18.9 Å². The Labute approximate surface area is 213 Å².